The van der Waals surface area contributed by atoms with E-state index in [2.05, 4.69) is 21.8 Å². The highest BCUT2D eigenvalue weighted by Gasteiger charge is 2.23. The summed E-state index contributed by atoms with van der Waals surface area (Å²) in [5, 5.41) is 12.8. The van der Waals surface area contributed by atoms with Gasteiger partial charge in [-0.2, -0.15) is 4.98 Å². The molecule has 3 N–H and O–H groups in total. The smallest absolute Gasteiger partial charge is 0.244 e. The molecule has 1 aromatic rings. The van der Waals surface area contributed by atoms with E-state index in [4.69, 9.17) is 9.73 Å². The summed E-state index contributed by atoms with van der Waals surface area (Å²) in [5.74, 6) is 2.31. The normalized spacial score (nSPS) is 16.7. The van der Waals surface area contributed by atoms with Crippen LogP contribution in [0.1, 0.15) is 82.3 Å². The van der Waals surface area contributed by atoms with E-state index in [0.717, 1.165) is 24.5 Å². The van der Waals surface area contributed by atoms with Crippen molar-refractivity contribution in [3.05, 3.63) is 11.7 Å². The van der Waals surface area contributed by atoms with Crippen LogP contribution in [0.2, 0.25) is 0 Å². The summed E-state index contributed by atoms with van der Waals surface area (Å²) < 4.78 is 8.53. The van der Waals surface area contributed by atoms with Gasteiger partial charge in [0.05, 0.1) is 6.54 Å². The average molecular weight is 371 g/mol. The minimum absolute atomic E-state index is 0.143. The molecule has 0 saturated heterocycles. The molecule has 1 saturated carbocycles. The van der Waals surface area contributed by atoms with Crippen molar-refractivity contribution in [1.29, 1.82) is 0 Å². The molecular weight excluding hydrogens is 340 g/mol. The number of nitrogens with one attached hydrogen (secondary N) is 2. The molecule has 0 aromatic carbocycles. The predicted octanol–water partition coefficient (Wildman–Crippen LogP) is 3.56. The first kappa shape index (κ1) is 20.2. The van der Waals surface area contributed by atoms with Crippen LogP contribution in [-0.4, -0.2) is 27.0 Å². The van der Waals surface area contributed by atoms with Gasteiger partial charge in [0.1, 0.15) is 0 Å². The first-order chi connectivity index (χ1) is 12.2. The number of hydroxylamine groups is 1. The summed E-state index contributed by atoms with van der Waals surface area (Å²) in [6.45, 7) is 2.60. The van der Waals surface area contributed by atoms with Crippen LogP contribution in [0, 0.1) is 5.92 Å². The molecule has 0 radical (unpaired) electrons. The third-order valence-electron chi connectivity index (χ3n) is 4.76. The number of aromatic nitrogens is 2. The highest BCUT2D eigenvalue weighted by atomic mass is 32.2. The second-order valence-corrected chi connectivity index (χ2v) is 7.83. The van der Waals surface area contributed by atoms with Gasteiger partial charge in [-0.05, 0) is 12.3 Å². The standard InChI is InChI=1S/C17H30N4O3S/c1-2-25-18-12-15-19-17(24-21-15)14(11-16(22)20-23)10-6-9-13-7-4-3-5-8-13/h13-14,18,23H,2-12H2,1H3,(H,20,22)/t14-/m1/s1. The molecule has 142 valence electrons. The molecule has 1 fully saturated rings. The summed E-state index contributed by atoms with van der Waals surface area (Å²) in [6.07, 6.45) is 9.92. The molecule has 1 heterocycles. The minimum Gasteiger partial charge on any atom is -0.339 e. The fourth-order valence-corrected chi connectivity index (χ4v) is 3.87. The molecule has 1 atom stereocenters. The van der Waals surface area contributed by atoms with Gasteiger partial charge < -0.3 is 4.52 Å². The van der Waals surface area contributed by atoms with E-state index in [-0.39, 0.29) is 12.3 Å². The Kier molecular flexibility index (Phi) is 9.28. The molecule has 7 nitrogen and oxygen atoms in total. The first-order valence-corrected chi connectivity index (χ1v) is 10.3. The Labute approximate surface area is 153 Å². The van der Waals surface area contributed by atoms with Crippen LogP contribution in [0.25, 0.3) is 0 Å². The van der Waals surface area contributed by atoms with Gasteiger partial charge >= 0.3 is 0 Å². The number of rotatable bonds is 11. The number of amides is 1. The van der Waals surface area contributed by atoms with Crippen LogP contribution < -0.4 is 10.2 Å². The van der Waals surface area contributed by atoms with Crippen LogP contribution in [-0.2, 0) is 11.3 Å². The van der Waals surface area contributed by atoms with Crippen molar-refractivity contribution in [3.8, 4) is 0 Å². The number of carbonyl (C=O) groups is 1. The van der Waals surface area contributed by atoms with Crippen LogP contribution in [0.4, 0.5) is 0 Å². The molecule has 1 aliphatic carbocycles. The molecule has 0 bridgehead atoms. The van der Waals surface area contributed by atoms with Gasteiger partial charge in [-0.15, -0.1) is 0 Å². The molecule has 1 aliphatic rings. The molecule has 25 heavy (non-hydrogen) atoms. The topological polar surface area (TPSA) is 100 Å². The van der Waals surface area contributed by atoms with Gasteiger partial charge in [0, 0.05) is 18.1 Å². The van der Waals surface area contributed by atoms with Gasteiger partial charge in [0.2, 0.25) is 11.8 Å². The third-order valence-corrected chi connectivity index (χ3v) is 5.39. The van der Waals surface area contributed by atoms with E-state index in [0.29, 0.717) is 18.3 Å². The van der Waals surface area contributed by atoms with Crippen molar-refractivity contribution in [2.45, 2.75) is 77.2 Å². The lowest BCUT2D eigenvalue weighted by Gasteiger charge is -2.22. The summed E-state index contributed by atoms with van der Waals surface area (Å²) in [5.41, 5.74) is 1.71. The molecule has 1 aromatic heterocycles. The Bertz CT molecular complexity index is 506. The van der Waals surface area contributed by atoms with Crippen LogP contribution in [0.3, 0.4) is 0 Å². The lowest BCUT2D eigenvalue weighted by Crippen LogP contribution is -2.21. The fraction of sp³-hybridized carbons (Fsp3) is 0.824. The number of hydrogen-bond acceptors (Lipinski definition) is 7. The van der Waals surface area contributed by atoms with Crippen molar-refractivity contribution in [1.82, 2.24) is 20.3 Å². The quantitative estimate of drug-likeness (QED) is 0.237. The van der Waals surface area contributed by atoms with E-state index < -0.39 is 5.91 Å². The lowest BCUT2D eigenvalue weighted by atomic mass is 9.84. The largest absolute Gasteiger partial charge is 0.339 e. The van der Waals surface area contributed by atoms with E-state index >= 15 is 0 Å². The number of hydrogen-bond donors (Lipinski definition) is 3. The van der Waals surface area contributed by atoms with E-state index in [1.165, 1.54) is 38.5 Å². The Morgan fingerprint density at radius 2 is 2.20 bits per heavy atom. The average Bonchev–Trinajstić information content (AvgIpc) is 3.10. The Morgan fingerprint density at radius 3 is 2.92 bits per heavy atom. The van der Waals surface area contributed by atoms with Crippen LogP contribution in [0.5, 0.6) is 0 Å². The molecule has 8 heteroatoms. The molecule has 1 amide bonds. The molecule has 0 aliphatic heterocycles. The molecule has 2 rings (SSSR count). The van der Waals surface area contributed by atoms with Crippen LogP contribution in [0.15, 0.2) is 4.52 Å². The monoisotopic (exact) mass is 370 g/mol. The Hall–Kier alpha value is -1.12. The molecule has 0 spiro atoms. The summed E-state index contributed by atoms with van der Waals surface area (Å²) in [7, 11) is 0. The van der Waals surface area contributed by atoms with Crippen molar-refractivity contribution in [2.75, 3.05) is 5.75 Å². The van der Waals surface area contributed by atoms with Gasteiger partial charge in [-0.25, -0.2) is 5.48 Å². The maximum atomic E-state index is 11.6. The maximum absolute atomic E-state index is 11.6. The first-order valence-electron chi connectivity index (χ1n) is 9.33. The van der Waals surface area contributed by atoms with Crippen molar-refractivity contribution >= 4 is 17.9 Å². The van der Waals surface area contributed by atoms with Gasteiger partial charge in [-0.1, -0.05) is 69.0 Å². The zero-order chi connectivity index (χ0) is 17.9. The third kappa shape index (κ3) is 7.33. The fourth-order valence-electron chi connectivity index (χ4n) is 3.43. The number of nitrogens with zero attached hydrogens (tertiary/aromatic N) is 2. The van der Waals surface area contributed by atoms with Gasteiger partial charge in [-0.3, -0.25) is 14.7 Å². The lowest BCUT2D eigenvalue weighted by molar-refractivity contribution is -0.129. The Balaban J connectivity index is 1.86. The Morgan fingerprint density at radius 1 is 1.40 bits per heavy atom. The van der Waals surface area contributed by atoms with Crippen LogP contribution >= 0.6 is 11.9 Å². The second kappa shape index (κ2) is 11.5. The molecule has 0 unspecified atom stereocenters. The zero-order valence-corrected chi connectivity index (χ0v) is 15.8. The van der Waals surface area contributed by atoms with Crippen molar-refractivity contribution in [2.24, 2.45) is 5.92 Å². The van der Waals surface area contributed by atoms with Crippen molar-refractivity contribution < 1.29 is 14.5 Å². The highest BCUT2D eigenvalue weighted by molar-refractivity contribution is 7.97. The van der Waals surface area contributed by atoms with Gasteiger partial charge in [0.15, 0.2) is 5.82 Å². The molecular formula is C17H30N4O3S. The summed E-state index contributed by atoms with van der Waals surface area (Å²) >= 11 is 1.60. The van der Waals surface area contributed by atoms with Crippen molar-refractivity contribution in [3.63, 3.8) is 0 Å². The summed E-state index contributed by atoms with van der Waals surface area (Å²) in [6, 6.07) is 0. The maximum Gasteiger partial charge on any atom is 0.244 e. The minimum atomic E-state index is -0.415. The van der Waals surface area contributed by atoms with E-state index in [1.54, 1.807) is 17.4 Å². The zero-order valence-electron chi connectivity index (χ0n) is 15.0. The number of carbonyl (C=O) groups excluding carboxylic acids is 1. The second-order valence-electron chi connectivity index (χ2n) is 6.67. The summed E-state index contributed by atoms with van der Waals surface area (Å²) in [4.78, 5) is 16.0. The SMILES string of the molecule is CCSNCc1noc([C@H](CCCC2CCCCC2)CC(=O)NO)n1. The highest BCUT2D eigenvalue weighted by Crippen LogP contribution is 2.31. The predicted molar refractivity (Wildman–Crippen MR) is 97.0 cm³/mol. The van der Waals surface area contributed by atoms with E-state index in [9.17, 15) is 4.79 Å². The van der Waals surface area contributed by atoms with Gasteiger partial charge in [0.25, 0.3) is 0 Å². The van der Waals surface area contributed by atoms with E-state index in [1.807, 2.05) is 0 Å².